The molecule has 4 saturated carbocycles. The Balaban J connectivity index is 0.847. The number of halogens is 4. The number of methoxy groups -OCH3 is 2. The van der Waals surface area contributed by atoms with Crippen molar-refractivity contribution in [2.45, 2.75) is 196 Å². The Morgan fingerprint density at radius 3 is 1.51 bits per heavy atom. The minimum atomic E-state index is -1.69. The molecule has 11 atom stereocenters. The van der Waals surface area contributed by atoms with Crippen LogP contribution in [0.4, 0.5) is 27.2 Å². The number of hydrogen-bond acceptors (Lipinski definition) is 10. The molecule has 2 aromatic carbocycles. The number of nitrogens with zero attached hydrogens (tertiary/aromatic N) is 6. The van der Waals surface area contributed by atoms with Crippen molar-refractivity contribution in [2.24, 2.45) is 23.7 Å². The molecule has 6 heterocycles. The molecule has 16 nitrogen and oxygen atoms in total. The Labute approximate surface area is 469 Å². The predicted molar refractivity (Wildman–Crippen MR) is 293 cm³/mol. The highest BCUT2D eigenvalue weighted by atomic mass is 19.1. The topological polar surface area (TPSA) is 181 Å². The standard InChI is InChI=1S/C61H76F4N10O6/c1-80-60(78)70-53(32-12-4-5-13-32)58(76)74-47-18-10-16-34(47)24-51(74)56-66-43-28-37(39(62)30-45(43)68-56)49-20-21-50(73(49)36-26-41(64)55(42(65)27-36)72-22-8-3-9-23-72)38-29-44-46(31-40(38)63)69-57(67-44)52-25-35-17-11-19-48(35)75(52)59(77)54(71-61(79)81-2)33-14-6-7-15-33/h26,28-35,42,47-54H,3-25,27H2,1-2H3,(H,66,68)(H,67,69)(H,70,78)(H,71,79)/t34-,35-,42?,47-,48-,49+,50+,51-,52-,53-,54-/m0/s1. The van der Waals surface area contributed by atoms with Crippen molar-refractivity contribution in [3.8, 4) is 0 Å². The molecule has 8 fully saturated rings. The number of H-pyrrole nitrogens is 2. The van der Waals surface area contributed by atoms with Gasteiger partial charge in [0, 0.05) is 48.4 Å². The molecule has 1 unspecified atom stereocenters. The number of amides is 4. The fourth-order valence-electron chi connectivity index (χ4n) is 16.9. The van der Waals surface area contributed by atoms with Gasteiger partial charge in [0.25, 0.3) is 0 Å². The number of rotatable bonds is 12. The summed E-state index contributed by atoms with van der Waals surface area (Å²) in [6.07, 6.45) is 15.5. The van der Waals surface area contributed by atoms with E-state index in [9.17, 15) is 19.2 Å². The second-order valence-electron chi connectivity index (χ2n) is 25.0. The fraction of sp³-hybridized carbons (Fsp3) is 0.639. The number of piperidine rings is 1. The van der Waals surface area contributed by atoms with Gasteiger partial charge in [0.2, 0.25) is 11.8 Å². The highest BCUT2D eigenvalue weighted by Gasteiger charge is 2.53. The second kappa shape index (κ2) is 22.1. The number of benzene rings is 2. The van der Waals surface area contributed by atoms with Crippen LogP contribution in [0.2, 0.25) is 0 Å². The summed E-state index contributed by atoms with van der Waals surface area (Å²) in [7, 11) is 2.59. The summed E-state index contributed by atoms with van der Waals surface area (Å²) in [6.45, 7) is 1.10. The number of allylic oxidation sites excluding steroid dienone is 4. The molecule has 81 heavy (non-hydrogen) atoms. The maximum Gasteiger partial charge on any atom is 0.407 e. The van der Waals surface area contributed by atoms with Gasteiger partial charge in [0.1, 0.15) is 47.4 Å². The van der Waals surface area contributed by atoms with E-state index in [4.69, 9.17) is 19.4 Å². The van der Waals surface area contributed by atoms with Crippen LogP contribution in [0.5, 0.6) is 0 Å². The second-order valence-corrected chi connectivity index (χ2v) is 25.0. The van der Waals surface area contributed by atoms with E-state index in [0.717, 1.165) is 109 Å². The van der Waals surface area contributed by atoms with Crippen molar-refractivity contribution >= 4 is 46.1 Å². The molecule has 434 valence electrons. The normalized spacial score (nSPS) is 29.7. The number of alkyl halides is 1. The lowest BCUT2D eigenvalue weighted by Crippen LogP contribution is -2.53. The fourth-order valence-corrected chi connectivity index (χ4v) is 16.9. The largest absolute Gasteiger partial charge is 0.453 e. The number of alkyl carbamates (subject to hydrolysis) is 2. The van der Waals surface area contributed by atoms with Crippen LogP contribution in [-0.2, 0) is 19.1 Å². The Kier molecular flexibility index (Phi) is 14.7. The van der Waals surface area contributed by atoms with Crippen LogP contribution in [0.3, 0.4) is 0 Å². The van der Waals surface area contributed by atoms with Gasteiger partial charge in [-0.25, -0.2) is 37.1 Å². The van der Waals surface area contributed by atoms with E-state index >= 15 is 17.6 Å². The third-order valence-corrected chi connectivity index (χ3v) is 20.6. The minimum absolute atomic E-state index is 0.0255. The van der Waals surface area contributed by atoms with Gasteiger partial charge in [-0.1, -0.05) is 38.5 Å². The van der Waals surface area contributed by atoms with Crippen molar-refractivity contribution in [1.29, 1.82) is 0 Å². The molecule has 13 rings (SSSR count). The lowest BCUT2D eigenvalue weighted by atomic mass is 9.96. The van der Waals surface area contributed by atoms with Crippen molar-refractivity contribution in [2.75, 3.05) is 27.3 Å². The molecule has 20 heteroatoms. The van der Waals surface area contributed by atoms with E-state index in [1.165, 1.54) is 32.4 Å². The Morgan fingerprint density at radius 2 is 1.06 bits per heavy atom. The number of hydrogen-bond donors (Lipinski definition) is 4. The van der Waals surface area contributed by atoms with Crippen LogP contribution in [0.25, 0.3) is 22.1 Å². The molecule has 4 saturated heterocycles. The van der Waals surface area contributed by atoms with Gasteiger partial charge in [0.05, 0.1) is 66.2 Å². The molecule has 0 bridgehead atoms. The number of carbonyl (C=O) groups is 4. The number of fused-ring (bicyclic) bond motifs is 4. The van der Waals surface area contributed by atoms with Crippen LogP contribution in [-0.4, -0.2) is 121 Å². The zero-order chi connectivity index (χ0) is 55.8. The molecule has 4 aromatic rings. The van der Waals surface area contributed by atoms with E-state index < -0.39 is 72.1 Å². The zero-order valence-corrected chi connectivity index (χ0v) is 46.5. The average molecular weight is 1120 g/mol. The van der Waals surface area contributed by atoms with Crippen LogP contribution < -0.4 is 10.6 Å². The quantitative estimate of drug-likeness (QED) is 0.0997. The van der Waals surface area contributed by atoms with Crippen molar-refractivity contribution in [3.05, 3.63) is 82.0 Å². The molecule has 5 aliphatic carbocycles. The number of imidazole rings is 2. The molecular formula is C61H76F4N10O6. The van der Waals surface area contributed by atoms with Crippen molar-refractivity contribution < 1.29 is 46.2 Å². The highest BCUT2D eigenvalue weighted by Crippen LogP contribution is 2.53. The molecule has 4 N–H and O–H groups in total. The summed E-state index contributed by atoms with van der Waals surface area (Å²) in [6, 6.07) is 2.15. The van der Waals surface area contributed by atoms with Crippen molar-refractivity contribution in [1.82, 2.24) is 50.2 Å². The lowest BCUT2D eigenvalue weighted by Gasteiger charge is -2.39. The summed E-state index contributed by atoms with van der Waals surface area (Å²) < 4.78 is 78.0. The van der Waals surface area contributed by atoms with Crippen LogP contribution in [0, 0.1) is 35.3 Å². The van der Waals surface area contributed by atoms with E-state index in [1.807, 2.05) is 14.7 Å². The first kappa shape index (κ1) is 53.9. The van der Waals surface area contributed by atoms with Gasteiger partial charge in [-0.05, 0) is 150 Å². The van der Waals surface area contributed by atoms with Crippen LogP contribution in [0.1, 0.15) is 188 Å². The summed E-state index contributed by atoms with van der Waals surface area (Å²) >= 11 is 0. The lowest BCUT2D eigenvalue weighted by molar-refractivity contribution is -0.139. The maximum atomic E-state index is 17.2. The maximum absolute atomic E-state index is 17.2. The zero-order valence-electron chi connectivity index (χ0n) is 46.5. The van der Waals surface area contributed by atoms with E-state index in [1.54, 1.807) is 17.0 Å². The van der Waals surface area contributed by atoms with E-state index in [0.29, 0.717) is 78.2 Å². The van der Waals surface area contributed by atoms with Gasteiger partial charge in [0.15, 0.2) is 0 Å². The Bertz CT molecular complexity index is 2970. The molecule has 0 spiro atoms. The van der Waals surface area contributed by atoms with E-state index in [-0.39, 0.29) is 70.8 Å². The van der Waals surface area contributed by atoms with E-state index in [2.05, 4.69) is 20.6 Å². The van der Waals surface area contributed by atoms with Gasteiger partial charge in [-0.3, -0.25) is 9.59 Å². The number of ether oxygens (including phenoxy) is 2. The number of likely N-dealkylation sites (tertiary alicyclic amines) is 4. The summed E-state index contributed by atoms with van der Waals surface area (Å²) in [5.74, 6) is -0.650. The molecule has 9 aliphatic rings. The third kappa shape index (κ3) is 9.78. The summed E-state index contributed by atoms with van der Waals surface area (Å²) in [4.78, 5) is 79.6. The number of aromatic amines is 2. The first-order chi connectivity index (χ1) is 39.3. The predicted octanol–water partition coefficient (Wildman–Crippen LogP) is 11.6. The van der Waals surface area contributed by atoms with Crippen LogP contribution in [0.15, 0.2) is 47.6 Å². The van der Waals surface area contributed by atoms with Gasteiger partial charge in [-0.15, -0.1) is 0 Å². The van der Waals surface area contributed by atoms with Gasteiger partial charge >= 0.3 is 12.2 Å². The Morgan fingerprint density at radius 1 is 0.593 bits per heavy atom. The molecule has 4 aliphatic heterocycles. The number of aromatic nitrogens is 4. The van der Waals surface area contributed by atoms with Gasteiger partial charge in [-0.2, -0.15) is 0 Å². The number of nitrogens with one attached hydrogen (secondary N) is 4. The first-order valence-corrected chi connectivity index (χ1v) is 30.3. The first-order valence-electron chi connectivity index (χ1n) is 30.3. The number of carbonyl (C=O) groups excluding carboxylic acids is 4. The SMILES string of the molecule is COC(=O)N[C@H](C(=O)N1[C@H](c2nc3cc([C@H]4CC[C@H](c5cc6nc([C@@H]7C[C@@H]8CCC[C@@H]8N7C(=O)[C@@H](NC(=O)OC)C7CCCC7)[nH]c6cc5F)N4C4=CC(F)=C(N5CCCCC5)C(F)C4)c(F)cc3[nH]2)C[C@@H]2CCC[C@@H]21)C1CCCC1. The smallest absolute Gasteiger partial charge is 0.407 e. The molecule has 2 aromatic heterocycles. The third-order valence-electron chi connectivity index (χ3n) is 20.6. The van der Waals surface area contributed by atoms with Gasteiger partial charge < -0.3 is 49.7 Å². The molecule has 4 amide bonds. The summed E-state index contributed by atoms with van der Waals surface area (Å²) in [5.41, 5.74) is 2.62. The van der Waals surface area contributed by atoms with Crippen LogP contribution >= 0.6 is 0 Å². The monoisotopic (exact) mass is 1120 g/mol. The summed E-state index contributed by atoms with van der Waals surface area (Å²) in [5, 5.41) is 5.77. The minimum Gasteiger partial charge on any atom is -0.453 e. The molecule has 0 radical (unpaired) electrons. The Hall–Kier alpha value is -6.34. The van der Waals surface area contributed by atoms with Crippen molar-refractivity contribution in [3.63, 3.8) is 0 Å². The average Bonchev–Trinajstić information content (AvgIpc) is 4.38. The molecular weight excluding hydrogens is 1040 g/mol. The highest BCUT2D eigenvalue weighted by molar-refractivity contribution is 5.88.